The molecule has 1 saturated heterocycles. The molecule has 1 heterocycles. The quantitative estimate of drug-likeness (QED) is 0.809. The SMILES string of the molecule is CC(Nc1ccc(CC#N)cc1)C(=O)Nc1ccc(N2CCCCC2)cc1. The van der Waals surface area contributed by atoms with Crippen molar-refractivity contribution < 1.29 is 4.79 Å². The van der Waals surface area contributed by atoms with E-state index in [4.69, 9.17) is 5.26 Å². The number of rotatable bonds is 6. The Balaban J connectivity index is 1.53. The van der Waals surface area contributed by atoms with E-state index in [-0.39, 0.29) is 11.9 Å². The summed E-state index contributed by atoms with van der Waals surface area (Å²) in [7, 11) is 0. The third-order valence-electron chi connectivity index (χ3n) is 4.87. The molecule has 0 aromatic heterocycles. The summed E-state index contributed by atoms with van der Waals surface area (Å²) in [5.74, 6) is -0.0816. The molecule has 1 unspecified atom stereocenters. The molecule has 0 aliphatic carbocycles. The summed E-state index contributed by atoms with van der Waals surface area (Å²) in [4.78, 5) is 14.8. The van der Waals surface area contributed by atoms with Crippen LogP contribution in [0.4, 0.5) is 17.1 Å². The lowest BCUT2D eigenvalue weighted by Crippen LogP contribution is -2.32. The number of anilines is 3. The summed E-state index contributed by atoms with van der Waals surface area (Å²) in [5, 5.41) is 14.9. The second-order valence-electron chi connectivity index (χ2n) is 6.98. The van der Waals surface area contributed by atoms with Gasteiger partial charge in [0.05, 0.1) is 12.5 Å². The molecule has 1 fully saturated rings. The van der Waals surface area contributed by atoms with Gasteiger partial charge in [0.25, 0.3) is 0 Å². The Labute approximate surface area is 161 Å². The Hall–Kier alpha value is -3.00. The maximum absolute atomic E-state index is 12.4. The van der Waals surface area contributed by atoms with Crippen LogP contribution in [0.1, 0.15) is 31.7 Å². The number of carbonyl (C=O) groups excluding carboxylic acids is 1. The van der Waals surface area contributed by atoms with Crippen molar-refractivity contribution in [1.82, 2.24) is 0 Å². The number of amides is 1. The highest BCUT2D eigenvalue weighted by molar-refractivity contribution is 5.96. The topological polar surface area (TPSA) is 68.2 Å². The van der Waals surface area contributed by atoms with Crippen LogP contribution in [-0.2, 0) is 11.2 Å². The Morgan fingerprint density at radius 1 is 1.04 bits per heavy atom. The molecule has 2 aromatic carbocycles. The molecule has 1 atom stereocenters. The van der Waals surface area contributed by atoms with Crippen molar-refractivity contribution in [1.29, 1.82) is 5.26 Å². The molecule has 1 amide bonds. The maximum atomic E-state index is 12.4. The van der Waals surface area contributed by atoms with E-state index in [9.17, 15) is 4.79 Å². The third-order valence-corrected chi connectivity index (χ3v) is 4.87. The number of benzene rings is 2. The molecule has 1 aliphatic heterocycles. The van der Waals surface area contributed by atoms with E-state index in [1.165, 1.54) is 24.9 Å². The van der Waals surface area contributed by atoms with Gasteiger partial charge < -0.3 is 15.5 Å². The van der Waals surface area contributed by atoms with Crippen LogP contribution < -0.4 is 15.5 Å². The minimum atomic E-state index is -0.367. The van der Waals surface area contributed by atoms with Crippen LogP contribution in [0.3, 0.4) is 0 Å². The molecule has 2 N–H and O–H groups in total. The Bertz CT molecular complexity index is 787. The molecular formula is C22H26N4O. The van der Waals surface area contributed by atoms with Gasteiger partial charge >= 0.3 is 0 Å². The first-order valence-corrected chi connectivity index (χ1v) is 9.54. The standard InChI is InChI=1S/C22H26N4O/c1-17(24-19-7-5-18(6-8-19)13-14-23)22(27)25-20-9-11-21(12-10-20)26-15-3-2-4-16-26/h5-12,17,24H,2-4,13,15-16H2,1H3,(H,25,27). The zero-order valence-corrected chi connectivity index (χ0v) is 15.7. The number of piperidine rings is 1. The van der Waals surface area contributed by atoms with Gasteiger partial charge in [-0.3, -0.25) is 4.79 Å². The molecule has 140 valence electrons. The normalized spacial score (nSPS) is 14.9. The van der Waals surface area contributed by atoms with Crippen molar-refractivity contribution in [2.75, 3.05) is 28.6 Å². The van der Waals surface area contributed by atoms with E-state index in [0.29, 0.717) is 6.42 Å². The molecule has 5 nitrogen and oxygen atoms in total. The van der Waals surface area contributed by atoms with E-state index in [1.54, 1.807) is 0 Å². The van der Waals surface area contributed by atoms with Gasteiger partial charge in [-0.2, -0.15) is 5.26 Å². The lowest BCUT2D eigenvalue weighted by molar-refractivity contribution is -0.116. The van der Waals surface area contributed by atoms with Gasteiger partial charge in [-0.25, -0.2) is 0 Å². The fourth-order valence-corrected chi connectivity index (χ4v) is 3.28. The molecule has 5 heteroatoms. The monoisotopic (exact) mass is 362 g/mol. The van der Waals surface area contributed by atoms with Crippen LogP contribution in [0, 0.1) is 11.3 Å². The summed E-state index contributed by atoms with van der Waals surface area (Å²) in [5.41, 5.74) is 3.85. The largest absolute Gasteiger partial charge is 0.374 e. The van der Waals surface area contributed by atoms with Gasteiger partial charge in [0, 0.05) is 30.2 Å². The van der Waals surface area contributed by atoms with Gasteiger partial charge in [0.1, 0.15) is 6.04 Å². The van der Waals surface area contributed by atoms with Gasteiger partial charge in [-0.05, 0) is 68.1 Å². The number of hydrogen-bond donors (Lipinski definition) is 2. The number of carbonyl (C=O) groups is 1. The lowest BCUT2D eigenvalue weighted by atomic mass is 10.1. The Kier molecular flexibility index (Phi) is 6.32. The van der Waals surface area contributed by atoms with E-state index in [2.05, 4.69) is 33.7 Å². The van der Waals surface area contributed by atoms with Gasteiger partial charge in [-0.15, -0.1) is 0 Å². The van der Waals surface area contributed by atoms with Crippen LogP contribution in [0.15, 0.2) is 48.5 Å². The van der Waals surface area contributed by atoms with Crippen molar-refractivity contribution in [2.24, 2.45) is 0 Å². The smallest absolute Gasteiger partial charge is 0.246 e. The fourth-order valence-electron chi connectivity index (χ4n) is 3.28. The maximum Gasteiger partial charge on any atom is 0.246 e. The molecule has 1 aliphatic rings. The molecule has 0 spiro atoms. The zero-order chi connectivity index (χ0) is 19.1. The van der Waals surface area contributed by atoms with Crippen molar-refractivity contribution in [3.8, 4) is 6.07 Å². The molecule has 0 bridgehead atoms. The average molecular weight is 362 g/mol. The van der Waals surface area contributed by atoms with Crippen molar-refractivity contribution in [3.63, 3.8) is 0 Å². The van der Waals surface area contributed by atoms with Crippen LogP contribution in [0.25, 0.3) is 0 Å². The molecule has 3 rings (SSSR count). The highest BCUT2D eigenvalue weighted by Gasteiger charge is 2.14. The minimum absolute atomic E-state index is 0.0816. The minimum Gasteiger partial charge on any atom is -0.374 e. The van der Waals surface area contributed by atoms with Crippen molar-refractivity contribution >= 4 is 23.0 Å². The Morgan fingerprint density at radius 3 is 2.30 bits per heavy atom. The van der Waals surface area contributed by atoms with E-state index >= 15 is 0 Å². The summed E-state index contributed by atoms with van der Waals surface area (Å²) in [6, 6.07) is 17.4. The Morgan fingerprint density at radius 2 is 1.67 bits per heavy atom. The van der Waals surface area contributed by atoms with Gasteiger partial charge in [-0.1, -0.05) is 12.1 Å². The van der Waals surface area contributed by atoms with E-state index in [0.717, 1.165) is 30.0 Å². The average Bonchev–Trinajstić information content (AvgIpc) is 2.71. The van der Waals surface area contributed by atoms with Crippen LogP contribution >= 0.6 is 0 Å². The first-order valence-electron chi connectivity index (χ1n) is 9.54. The van der Waals surface area contributed by atoms with Gasteiger partial charge in [0.2, 0.25) is 5.91 Å². The van der Waals surface area contributed by atoms with Crippen LogP contribution in [0.2, 0.25) is 0 Å². The fraction of sp³-hybridized carbons (Fsp3) is 0.364. The molecule has 27 heavy (non-hydrogen) atoms. The number of hydrogen-bond acceptors (Lipinski definition) is 4. The summed E-state index contributed by atoms with van der Waals surface area (Å²) >= 11 is 0. The molecular weight excluding hydrogens is 336 g/mol. The molecule has 2 aromatic rings. The number of nitriles is 1. The highest BCUT2D eigenvalue weighted by Crippen LogP contribution is 2.22. The van der Waals surface area contributed by atoms with Crippen LogP contribution in [-0.4, -0.2) is 25.0 Å². The van der Waals surface area contributed by atoms with Gasteiger partial charge in [0.15, 0.2) is 0 Å². The van der Waals surface area contributed by atoms with E-state index < -0.39 is 0 Å². The number of nitrogens with one attached hydrogen (secondary N) is 2. The second-order valence-corrected chi connectivity index (χ2v) is 6.98. The summed E-state index contributed by atoms with van der Waals surface area (Å²) < 4.78 is 0. The molecule has 0 radical (unpaired) electrons. The first-order chi connectivity index (χ1) is 13.2. The second kappa shape index (κ2) is 9.09. The lowest BCUT2D eigenvalue weighted by Gasteiger charge is -2.28. The predicted octanol–water partition coefficient (Wildman–Crippen LogP) is 4.18. The highest BCUT2D eigenvalue weighted by atomic mass is 16.2. The zero-order valence-electron chi connectivity index (χ0n) is 15.7. The van der Waals surface area contributed by atoms with Crippen molar-refractivity contribution in [3.05, 3.63) is 54.1 Å². The van der Waals surface area contributed by atoms with Crippen molar-refractivity contribution in [2.45, 2.75) is 38.6 Å². The summed E-state index contributed by atoms with van der Waals surface area (Å²) in [6.07, 6.45) is 4.21. The first kappa shape index (κ1) is 18.8. The van der Waals surface area contributed by atoms with E-state index in [1.807, 2.05) is 43.3 Å². The molecule has 0 saturated carbocycles. The van der Waals surface area contributed by atoms with Crippen LogP contribution in [0.5, 0.6) is 0 Å². The number of nitrogens with zero attached hydrogens (tertiary/aromatic N) is 2. The predicted molar refractivity (Wildman–Crippen MR) is 110 cm³/mol. The summed E-state index contributed by atoms with van der Waals surface area (Å²) in [6.45, 7) is 4.06. The third kappa shape index (κ3) is 5.24.